The van der Waals surface area contributed by atoms with Crippen molar-refractivity contribution in [1.29, 1.82) is 0 Å². The summed E-state index contributed by atoms with van der Waals surface area (Å²) >= 11 is 0. The second-order valence-electron chi connectivity index (χ2n) is 6.01. The number of carbonyl (C=O) groups excluding carboxylic acids is 1. The van der Waals surface area contributed by atoms with Gasteiger partial charge in [-0.3, -0.25) is 9.89 Å². The van der Waals surface area contributed by atoms with Gasteiger partial charge in [0.1, 0.15) is 5.69 Å². The molecule has 6 heteroatoms. The second kappa shape index (κ2) is 5.61. The summed E-state index contributed by atoms with van der Waals surface area (Å²) < 4.78 is 10.6. The Morgan fingerprint density at radius 2 is 2.32 bits per heavy atom. The molecule has 0 bridgehead atoms. The highest BCUT2D eigenvalue weighted by Crippen LogP contribution is 2.34. The van der Waals surface area contributed by atoms with Crippen molar-refractivity contribution in [2.24, 2.45) is 5.92 Å². The SMILES string of the molecule is O=C(c1cc(-c2ccoc2)n[nH]1)N1CCOCC1C1CCC1. The van der Waals surface area contributed by atoms with E-state index in [1.54, 1.807) is 18.6 Å². The number of carbonyl (C=O) groups is 1. The van der Waals surface area contributed by atoms with E-state index in [-0.39, 0.29) is 11.9 Å². The molecule has 116 valence electrons. The number of aromatic amines is 1. The first-order chi connectivity index (χ1) is 10.8. The van der Waals surface area contributed by atoms with Crippen LogP contribution in [0.15, 0.2) is 29.1 Å². The maximum Gasteiger partial charge on any atom is 0.272 e. The van der Waals surface area contributed by atoms with Crippen LogP contribution in [0.5, 0.6) is 0 Å². The lowest BCUT2D eigenvalue weighted by molar-refractivity contribution is -0.0332. The van der Waals surface area contributed by atoms with Crippen molar-refractivity contribution >= 4 is 5.91 Å². The Morgan fingerprint density at radius 1 is 1.41 bits per heavy atom. The lowest BCUT2D eigenvalue weighted by atomic mass is 9.79. The van der Waals surface area contributed by atoms with Crippen LogP contribution < -0.4 is 0 Å². The van der Waals surface area contributed by atoms with Crippen LogP contribution in [0.1, 0.15) is 29.8 Å². The van der Waals surface area contributed by atoms with Crippen molar-refractivity contribution in [2.75, 3.05) is 19.8 Å². The third-order valence-electron chi connectivity index (χ3n) is 4.75. The van der Waals surface area contributed by atoms with E-state index in [0.29, 0.717) is 31.4 Å². The molecule has 3 heterocycles. The maximum absolute atomic E-state index is 12.8. The number of hydrogen-bond donors (Lipinski definition) is 1. The molecule has 2 aromatic heterocycles. The molecule has 4 rings (SSSR count). The number of aromatic nitrogens is 2. The summed E-state index contributed by atoms with van der Waals surface area (Å²) in [6.45, 7) is 1.91. The van der Waals surface area contributed by atoms with Crippen molar-refractivity contribution in [3.63, 3.8) is 0 Å². The number of hydrogen-bond acceptors (Lipinski definition) is 4. The molecule has 1 saturated heterocycles. The van der Waals surface area contributed by atoms with E-state index >= 15 is 0 Å². The Bertz CT molecular complexity index is 645. The van der Waals surface area contributed by atoms with Gasteiger partial charge < -0.3 is 14.1 Å². The number of morpholine rings is 1. The van der Waals surface area contributed by atoms with Gasteiger partial charge in [-0.1, -0.05) is 6.42 Å². The number of amides is 1. The van der Waals surface area contributed by atoms with Crippen LogP contribution >= 0.6 is 0 Å². The van der Waals surface area contributed by atoms with Crippen LogP contribution in [0.3, 0.4) is 0 Å². The Labute approximate surface area is 128 Å². The van der Waals surface area contributed by atoms with E-state index in [1.807, 2.05) is 11.0 Å². The highest BCUT2D eigenvalue weighted by Gasteiger charge is 2.37. The fraction of sp³-hybridized carbons (Fsp3) is 0.500. The molecule has 0 aromatic carbocycles. The second-order valence-corrected chi connectivity index (χ2v) is 6.01. The molecule has 6 nitrogen and oxygen atoms in total. The average molecular weight is 301 g/mol. The van der Waals surface area contributed by atoms with E-state index in [4.69, 9.17) is 9.15 Å². The minimum Gasteiger partial charge on any atom is -0.472 e. The summed E-state index contributed by atoms with van der Waals surface area (Å²) in [5.41, 5.74) is 2.13. The van der Waals surface area contributed by atoms with Crippen molar-refractivity contribution in [3.8, 4) is 11.3 Å². The molecule has 1 saturated carbocycles. The van der Waals surface area contributed by atoms with Crippen LogP contribution in [-0.4, -0.2) is 46.8 Å². The third kappa shape index (κ3) is 2.33. The van der Waals surface area contributed by atoms with Gasteiger partial charge in [-0.25, -0.2) is 0 Å². The number of rotatable bonds is 3. The van der Waals surface area contributed by atoms with Crippen LogP contribution in [-0.2, 0) is 4.74 Å². The van der Waals surface area contributed by atoms with Gasteiger partial charge in [-0.05, 0) is 30.9 Å². The van der Waals surface area contributed by atoms with Crippen LogP contribution in [0.2, 0.25) is 0 Å². The molecule has 1 amide bonds. The highest BCUT2D eigenvalue weighted by molar-refractivity contribution is 5.93. The number of H-pyrrole nitrogens is 1. The molecule has 22 heavy (non-hydrogen) atoms. The third-order valence-corrected chi connectivity index (χ3v) is 4.75. The van der Waals surface area contributed by atoms with Gasteiger partial charge in [0.15, 0.2) is 0 Å². The first-order valence-corrected chi connectivity index (χ1v) is 7.79. The van der Waals surface area contributed by atoms with E-state index in [1.165, 1.54) is 19.3 Å². The molecule has 1 unspecified atom stereocenters. The lowest BCUT2D eigenvalue weighted by Crippen LogP contribution is -2.53. The molecule has 2 aromatic rings. The molecule has 0 radical (unpaired) electrons. The van der Waals surface area contributed by atoms with Crippen molar-refractivity contribution in [1.82, 2.24) is 15.1 Å². The molecule has 2 aliphatic rings. The summed E-state index contributed by atoms with van der Waals surface area (Å²) in [6.07, 6.45) is 6.87. The molecule has 0 spiro atoms. The molecule has 1 aliphatic carbocycles. The predicted octanol–water partition coefficient (Wildman–Crippen LogP) is 2.31. The van der Waals surface area contributed by atoms with Crippen LogP contribution in [0.4, 0.5) is 0 Å². The largest absolute Gasteiger partial charge is 0.472 e. The Balaban J connectivity index is 1.54. The standard InChI is InChI=1S/C16H19N3O3/c20-16(14-8-13(17-18-14)12-4-6-21-9-12)19-5-7-22-10-15(19)11-2-1-3-11/h4,6,8-9,11,15H,1-3,5,7,10H2,(H,17,18). The van der Waals surface area contributed by atoms with Gasteiger partial charge in [-0.2, -0.15) is 5.10 Å². The fourth-order valence-electron chi connectivity index (χ4n) is 3.23. The van der Waals surface area contributed by atoms with E-state index < -0.39 is 0 Å². The summed E-state index contributed by atoms with van der Waals surface area (Å²) in [5, 5.41) is 7.08. The predicted molar refractivity (Wildman–Crippen MR) is 79.3 cm³/mol. The van der Waals surface area contributed by atoms with Gasteiger partial charge in [0, 0.05) is 12.1 Å². The average Bonchev–Trinajstić information content (AvgIpc) is 3.16. The minimum absolute atomic E-state index is 0.0162. The molecular weight excluding hydrogens is 282 g/mol. The normalized spacial score (nSPS) is 22.5. The summed E-state index contributed by atoms with van der Waals surface area (Å²) in [7, 11) is 0. The quantitative estimate of drug-likeness (QED) is 0.944. The van der Waals surface area contributed by atoms with Gasteiger partial charge in [0.25, 0.3) is 5.91 Å². The zero-order valence-corrected chi connectivity index (χ0v) is 12.3. The fourth-order valence-corrected chi connectivity index (χ4v) is 3.23. The maximum atomic E-state index is 12.8. The van der Waals surface area contributed by atoms with E-state index in [9.17, 15) is 4.79 Å². The number of nitrogens with zero attached hydrogens (tertiary/aromatic N) is 2. The molecule has 1 atom stereocenters. The highest BCUT2D eigenvalue weighted by atomic mass is 16.5. The van der Waals surface area contributed by atoms with Crippen molar-refractivity contribution in [3.05, 3.63) is 30.4 Å². The Morgan fingerprint density at radius 3 is 3.05 bits per heavy atom. The van der Waals surface area contributed by atoms with Crippen LogP contribution in [0.25, 0.3) is 11.3 Å². The summed E-state index contributed by atoms with van der Waals surface area (Å²) in [5.74, 6) is 0.600. The molecule has 1 N–H and O–H groups in total. The molecule has 1 aliphatic heterocycles. The molecular formula is C16H19N3O3. The van der Waals surface area contributed by atoms with Gasteiger partial charge >= 0.3 is 0 Å². The van der Waals surface area contributed by atoms with Crippen molar-refractivity contribution in [2.45, 2.75) is 25.3 Å². The first-order valence-electron chi connectivity index (χ1n) is 7.79. The Kier molecular flexibility index (Phi) is 3.46. The van der Waals surface area contributed by atoms with Crippen molar-refractivity contribution < 1.29 is 13.9 Å². The topological polar surface area (TPSA) is 71.4 Å². The number of ether oxygens (including phenoxy) is 1. The Hall–Kier alpha value is -2.08. The van der Waals surface area contributed by atoms with Crippen LogP contribution in [0, 0.1) is 5.92 Å². The summed E-state index contributed by atoms with van der Waals surface area (Å²) in [6, 6.07) is 3.83. The zero-order chi connectivity index (χ0) is 14.9. The van der Waals surface area contributed by atoms with E-state index in [2.05, 4.69) is 10.2 Å². The lowest BCUT2D eigenvalue weighted by Gasteiger charge is -2.43. The van der Waals surface area contributed by atoms with Gasteiger partial charge in [0.05, 0.1) is 37.5 Å². The monoisotopic (exact) mass is 301 g/mol. The smallest absolute Gasteiger partial charge is 0.272 e. The molecule has 2 fully saturated rings. The minimum atomic E-state index is 0.0162. The van der Waals surface area contributed by atoms with E-state index in [0.717, 1.165) is 11.3 Å². The van der Waals surface area contributed by atoms with Gasteiger partial charge in [-0.15, -0.1) is 0 Å². The summed E-state index contributed by atoms with van der Waals surface area (Å²) in [4.78, 5) is 14.8. The number of nitrogens with one attached hydrogen (secondary N) is 1. The van der Waals surface area contributed by atoms with Gasteiger partial charge in [0.2, 0.25) is 0 Å². The first kappa shape index (κ1) is 13.6. The number of furan rings is 1. The zero-order valence-electron chi connectivity index (χ0n) is 12.3.